The number of carbonyl (C=O) groups excluding carboxylic acids is 1. The Bertz CT molecular complexity index is 452. The molecule has 1 amide bonds. The van der Waals surface area contributed by atoms with Gasteiger partial charge in [0.15, 0.2) is 0 Å². The first-order chi connectivity index (χ1) is 9.88. The zero-order valence-corrected chi connectivity index (χ0v) is 13.5. The van der Waals surface area contributed by atoms with Crippen LogP contribution in [0, 0.1) is 5.41 Å². The summed E-state index contributed by atoms with van der Waals surface area (Å²) < 4.78 is 5.29. The molecule has 4 heteroatoms. The molecule has 0 saturated carbocycles. The van der Waals surface area contributed by atoms with Gasteiger partial charge in [-0.15, -0.1) is 0 Å². The van der Waals surface area contributed by atoms with E-state index < -0.39 is 0 Å². The molecule has 1 aromatic carbocycles. The Kier molecular flexibility index (Phi) is 6.69. The summed E-state index contributed by atoms with van der Waals surface area (Å²) in [5, 5.41) is 12.1. The highest BCUT2D eigenvalue weighted by Crippen LogP contribution is 2.22. The van der Waals surface area contributed by atoms with E-state index in [1.807, 2.05) is 24.3 Å². The van der Waals surface area contributed by atoms with Crippen LogP contribution in [0.1, 0.15) is 39.2 Å². The number of ether oxygens (including phenoxy) is 1. The van der Waals surface area contributed by atoms with Gasteiger partial charge in [-0.05, 0) is 29.9 Å². The second-order valence-electron chi connectivity index (χ2n) is 6.31. The number of amides is 1. The summed E-state index contributed by atoms with van der Waals surface area (Å²) in [7, 11) is 1.63. The molecule has 0 aliphatic heterocycles. The van der Waals surface area contributed by atoms with Crippen molar-refractivity contribution in [3.63, 3.8) is 0 Å². The second-order valence-corrected chi connectivity index (χ2v) is 6.31. The van der Waals surface area contributed by atoms with Gasteiger partial charge in [-0.25, -0.2) is 0 Å². The average molecular weight is 293 g/mol. The normalized spacial score (nSPS) is 12.8. The molecule has 21 heavy (non-hydrogen) atoms. The van der Waals surface area contributed by atoms with Gasteiger partial charge in [0.1, 0.15) is 5.75 Å². The summed E-state index contributed by atoms with van der Waals surface area (Å²) in [5.41, 5.74) is 0.965. The van der Waals surface area contributed by atoms with Crippen molar-refractivity contribution in [2.45, 2.75) is 46.1 Å². The molecular formula is C17H27NO3. The van der Waals surface area contributed by atoms with Gasteiger partial charge in [-0.2, -0.15) is 0 Å². The van der Waals surface area contributed by atoms with E-state index in [4.69, 9.17) is 9.84 Å². The standard InChI is InChI=1S/C17H27NO3/c1-17(2,3)15(11-12-19)18-16(20)10-9-13-7-5-6-8-14(13)21-4/h5-8,15,19H,9-12H2,1-4H3,(H,18,20). The van der Waals surface area contributed by atoms with Crippen LogP contribution in [-0.2, 0) is 11.2 Å². The molecule has 0 spiro atoms. The van der Waals surface area contributed by atoms with Crippen LogP contribution in [0.2, 0.25) is 0 Å². The van der Waals surface area contributed by atoms with E-state index in [1.54, 1.807) is 7.11 Å². The lowest BCUT2D eigenvalue weighted by Crippen LogP contribution is -2.44. The smallest absolute Gasteiger partial charge is 0.220 e. The van der Waals surface area contributed by atoms with Crippen LogP contribution < -0.4 is 10.1 Å². The predicted molar refractivity (Wildman–Crippen MR) is 84.4 cm³/mol. The second kappa shape index (κ2) is 8.03. The molecule has 2 N–H and O–H groups in total. The summed E-state index contributed by atoms with van der Waals surface area (Å²) in [5.74, 6) is 0.822. The maximum absolute atomic E-state index is 12.1. The summed E-state index contributed by atoms with van der Waals surface area (Å²) in [4.78, 5) is 12.1. The number of aryl methyl sites for hydroxylation is 1. The van der Waals surface area contributed by atoms with Gasteiger partial charge in [0.05, 0.1) is 7.11 Å². The average Bonchev–Trinajstić information content (AvgIpc) is 2.44. The number of aliphatic hydroxyl groups is 1. The van der Waals surface area contributed by atoms with Gasteiger partial charge in [-0.3, -0.25) is 4.79 Å². The van der Waals surface area contributed by atoms with Crippen molar-refractivity contribution in [1.29, 1.82) is 0 Å². The van der Waals surface area contributed by atoms with Crippen LogP contribution in [0.15, 0.2) is 24.3 Å². The minimum atomic E-state index is -0.0666. The number of aliphatic hydroxyl groups excluding tert-OH is 1. The third-order valence-corrected chi connectivity index (χ3v) is 3.61. The highest BCUT2D eigenvalue weighted by molar-refractivity contribution is 5.76. The Labute approximate surface area is 127 Å². The van der Waals surface area contributed by atoms with Gasteiger partial charge in [0, 0.05) is 19.1 Å². The molecule has 4 nitrogen and oxygen atoms in total. The minimum Gasteiger partial charge on any atom is -0.496 e. The van der Waals surface area contributed by atoms with Crippen molar-refractivity contribution < 1.29 is 14.6 Å². The van der Waals surface area contributed by atoms with Crippen LogP contribution in [0.25, 0.3) is 0 Å². The van der Waals surface area contributed by atoms with Crippen LogP contribution in [0.3, 0.4) is 0 Å². The van der Waals surface area contributed by atoms with Gasteiger partial charge < -0.3 is 15.2 Å². The van der Waals surface area contributed by atoms with Crippen LogP contribution in [0.5, 0.6) is 5.75 Å². The third-order valence-electron chi connectivity index (χ3n) is 3.61. The third kappa shape index (κ3) is 5.76. The zero-order valence-electron chi connectivity index (χ0n) is 13.5. The number of hydrogen-bond acceptors (Lipinski definition) is 3. The molecule has 1 unspecified atom stereocenters. The number of hydrogen-bond donors (Lipinski definition) is 2. The lowest BCUT2D eigenvalue weighted by Gasteiger charge is -2.31. The van der Waals surface area contributed by atoms with Gasteiger partial charge in [-0.1, -0.05) is 39.0 Å². The zero-order chi connectivity index (χ0) is 15.9. The number of benzene rings is 1. The van der Waals surface area contributed by atoms with E-state index in [0.717, 1.165) is 11.3 Å². The topological polar surface area (TPSA) is 58.6 Å². The predicted octanol–water partition coefficient (Wildman–Crippen LogP) is 2.54. The number of methoxy groups -OCH3 is 1. The number of rotatable bonds is 7. The first-order valence-corrected chi connectivity index (χ1v) is 7.40. The van der Waals surface area contributed by atoms with Crippen molar-refractivity contribution in [3.8, 4) is 5.75 Å². The van der Waals surface area contributed by atoms with E-state index in [-0.39, 0.29) is 24.0 Å². The largest absolute Gasteiger partial charge is 0.496 e. The summed E-state index contributed by atoms with van der Waals surface area (Å²) in [6.45, 7) is 6.27. The van der Waals surface area contributed by atoms with Gasteiger partial charge in [0.2, 0.25) is 5.91 Å². The van der Waals surface area contributed by atoms with E-state index in [1.165, 1.54) is 0 Å². The van der Waals surface area contributed by atoms with E-state index in [9.17, 15) is 4.79 Å². The van der Waals surface area contributed by atoms with Gasteiger partial charge in [0.25, 0.3) is 0 Å². The molecule has 0 aromatic heterocycles. The van der Waals surface area contributed by atoms with Gasteiger partial charge >= 0.3 is 0 Å². The molecule has 0 heterocycles. The fourth-order valence-electron chi connectivity index (χ4n) is 2.27. The molecule has 0 radical (unpaired) electrons. The van der Waals surface area contributed by atoms with Crippen molar-refractivity contribution in [2.75, 3.05) is 13.7 Å². The molecule has 1 rings (SSSR count). The molecule has 0 aliphatic rings. The Morgan fingerprint density at radius 1 is 1.33 bits per heavy atom. The summed E-state index contributed by atoms with van der Waals surface area (Å²) >= 11 is 0. The maximum atomic E-state index is 12.1. The number of para-hydroxylation sites is 1. The van der Waals surface area contributed by atoms with Crippen molar-refractivity contribution >= 4 is 5.91 Å². The van der Waals surface area contributed by atoms with Crippen molar-refractivity contribution in [3.05, 3.63) is 29.8 Å². The monoisotopic (exact) mass is 293 g/mol. The first kappa shape index (κ1) is 17.5. The highest BCUT2D eigenvalue weighted by atomic mass is 16.5. The van der Waals surface area contributed by atoms with E-state index in [0.29, 0.717) is 19.3 Å². The summed E-state index contributed by atoms with van der Waals surface area (Å²) in [6, 6.07) is 7.71. The molecule has 0 aliphatic carbocycles. The quantitative estimate of drug-likeness (QED) is 0.812. The molecule has 1 aromatic rings. The SMILES string of the molecule is COc1ccccc1CCC(=O)NC(CCO)C(C)(C)C. The highest BCUT2D eigenvalue weighted by Gasteiger charge is 2.25. The molecular weight excluding hydrogens is 266 g/mol. The Balaban J connectivity index is 2.57. The molecule has 1 atom stereocenters. The summed E-state index contributed by atoms with van der Waals surface area (Å²) in [6.07, 6.45) is 1.63. The fourth-order valence-corrected chi connectivity index (χ4v) is 2.27. The first-order valence-electron chi connectivity index (χ1n) is 7.40. The van der Waals surface area contributed by atoms with Crippen molar-refractivity contribution in [2.24, 2.45) is 5.41 Å². The van der Waals surface area contributed by atoms with E-state index in [2.05, 4.69) is 26.1 Å². The molecule has 0 bridgehead atoms. The lowest BCUT2D eigenvalue weighted by atomic mass is 9.85. The number of nitrogens with one attached hydrogen (secondary N) is 1. The Morgan fingerprint density at radius 2 is 2.00 bits per heavy atom. The molecule has 0 saturated heterocycles. The van der Waals surface area contributed by atoms with Crippen LogP contribution >= 0.6 is 0 Å². The maximum Gasteiger partial charge on any atom is 0.220 e. The van der Waals surface area contributed by atoms with E-state index >= 15 is 0 Å². The van der Waals surface area contributed by atoms with Crippen LogP contribution in [-0.4, -0.2) is 30.8 Å². The Morgan fingerprint density at radius 3 is 2.57 bits per heavy atom. The minimum absolute atomic E-state index is 0.00859. The lowest BCUT2D eigenvalue weighted by molar-refractivity contribution is -0.122. The number of carbonyl (C=O) groups is 1. The molecule has 118 valence electrons. The van der Waals surface area contributed by atoms with Crippen LogP contribution in [0.4, 0.5) is 0 Å². The van der Waals surface area contributed by atoms with Crippen molar-refractivity contribution in [1.82, 2.24) is 5.32 Å². The Hall–Kier alpha value is -1.55. The fraction of sp³-hybridized carbons (Fsp3) is 0.588. The molecule has 0 fully saturated rings.